The number of halogens is 1. The van der Waals surface area contributed by atoms with Gasteiger partial charge in [0.05, 0.1) is 17.4 Å². The van der Waals surface area contributed by atoms with Crippen molar-refractivity contribution in [2.75, 3.05) is 13.1 Å². The first-order valence-corrected chi connectivity index (χ1v) is 12.7. The normalized spacial score (nSPS) is 15.9. The lowest BCUT2D eigenvalue weighted by atomic mass is 9.76. The van der Waals surface area contributed by atoms with Crippen LogP contribution in [0.5, 0.6) is 0 Å². The van der Waals surface area contributed by atoms with Gasteiger partial charge in [-0.3, -0.25) is 4.90 Å². The van der Waals surface area contributed by atoms with Crippen molar-refractivity contribution >= 4 is 22.6 Å². The van der Waals surface area contributed by atoms with Crippen molar-refractivity contribution in [3.8, 4) is 0 Å². The van der Waals surface area contributed by atoms with Gasteiger partial charge in [0.1, 0.15) is 5.54 Å². The van der Waals surface area contributed by atoms with Crippen LogP contribution in [0.1, 0.15) is 35.1 Å². The lowest BCUT2D eigenvalue weighted by Crippen LogP contribution is -2.37. The smallest absolute Gasteiger partial charge is 0.122 e. The van der Waals surface area contributed by atoms with Crippen molar-refractivity contribution in [3.05, 3.63) is 137 Å². The Kier molecular flexibility index (Phi) is 5.89. The van der Waals surface area contributed by atoms with Crippen LogP contribution in [0.3, 0.4) is 0 Å². The van der Waals surface area contributed by atoms with Crippen molar-refractivity contribution in [3.63, 3.8) is 0 Å². The zero-order valence-electron chi connectivity index (χ0n) is 19.6. The van der Waals surface area contributed by atoms with E-state index in [1.165, 1.54) is 42.6 Å². The third kappa shape index (κ3) is 3.95. The molecule has 2 heterocycles. The molecular formula is C31H28ClN3. The van der Waals surface area contributed by atoms with Gasteiger partial charge in [-0.25, -0.2) is 4.98 Å². The van der Waals surface area contributed by atoms with Crippen LogP contribution in [0.2, 0.25) is 5.02 Å². The molecule has 0 N–H and O–H groups in total. The summed E-state index contributed by atoms with van der Waals surface area (Å²) in [5, 5.41) is 0.729. The van der Waals surface area contributed by atoms with E-state index in [1.54, 1.807) is 0 Å². The molecule has 0 saturated carbocycles. The van der Waals surface area contributed by atoms with Gasteiger partial charge in [0, 0.05) is 11.6 Å². The Morgan fingerprint density at radius 3 is 2.00 bits per heavy atom. The third-order valence-corrected chi connectivity index (χ3v) is 7.50. The summed E-state index contributed by atoms with van der Waals surface area (Å²) in [5.41, 5.74) is 6.33. The summed E-state index contributed by atoms with van der Waals surface area (Å²) in [5.74, 6) is 0. The van der Waals surface area contributed by atoms with Crippen LogP contribution in [0, 0.1) is 0 Å². The quantitative estimate of drug-likeness (QED) is 0.243. The van der Waals surface area contributed by atoms with E-state index in [4.69, 9.17) is 16.6 Å². The number of nitrogens with zero attached hydrogens (tertiary/aromatic N) is 3. The van der Waals surface area contributed by atoms with Crippen LogP contribution < -0.4 is 0 Å². The van der Waals surface area contributed by atoms with Gasteiger partial charge in [0.25, 0.3) is 0 Å². The second kappa shape index (κ2) is 9.33. The summed E-state index contributed by atoms with van der Waals surface area (Å²) in [7, 11) is 0. The Balaban J connectivity index is 1.60. The Morgan fingerprint density at radius 2 is 1.29 bits per heavy atom. The number of hydrogen-bond acceptors (Lipinski definition) is 2. The van der Waals surface area contributed by atoms with Crippen molar-refractivity contribution in [2.24, 2.45) is 0 Å². The van der Waals surface area contributed by atoms with Crippen LogP contribution in [-0.2, 0) is 12.1 Å². The van der Waals surface area contributed by atoms with E-state index in [0.717, 1.165) is 28.2 Å². The number of para-hydroxylation sites is 2. The van der Waals surface area contributed by atoms with E-state index in [0.29, 0.717) is 0 Å². The molecule has 1 fully saturated rings. The SMILES string of the molecule is Clc1ccc(C(c2ccccc2)(c2ccc(CN3CCCC3)cc2)n2cnc3ccccc32)cc1. The highest BCUT2D eigenvalue weighted by molar-refractivity contribution is 6.30. The zero-order valence-corrected chi connectivity index (χ0v) is 20.4. The van der Waals surface area contributed by atoms with E-state index >= 15 is 0 Å². The number of aromatic nitrogens is 2. The molecule has 1 atom stereocenters. The number of likely N-dealkylation sites (tertiary alicyclic amines) is 1. The summed E-state index contributed by atoms with van der Waals surface area (Å²) >= 11 is 6.35. The van der Waals surface area contributed by atoms with Crippen LogP contribution in [0.25, 0.3) is 11.0 Å². The molecule has 0 radical (unpaired) electrons. The Bertz CT molecular complexity index is 1420. The molecule has 35 heavy (non-hydrogen) atoms. The van der Waals surface area contributed by atoms with Crippen LogP contribution in [0.15, 0.2) is 109 Å². The fourth-order valence-electron chi connectivity index (χ4n) is 5.56. The minimum atomic E-state index is -0.603. The molecule has 0 aliphatic carbocycles. The largest absolute Gasteiger partial charge is 0.312 e. The first kappa shape index (κ1) is 22.1. The predicted molar refractivity (Wildman–Crippen MR) is 144 cm³/mol. The monoisotopic (exact) mass is 477 g/mol. The van der Waals surface area contributed by atoms with Crippen molar-refractivity contribution in [1.82, 2.24) is 14.5 Å². The number of rotatable bonds is 6. The number of fused-ring (bicyclic) bond motifs is 1. The fourth-order valence-corrected chi connectivity index (χ4v) is 5.69. The third-order valence-electron chi connectivity index (χ3n) is 7.25. The first-order chi connectivity index (χ1) is 17.2. The van der Waals surface area contributed by atoms with Gasteiger partial charge in [0.15, 0.2) is 0 Å². The Hall–Kier alpha value is -3.40. The predicted octanol–water partition coefficient (Wildman–Crippen LogP) is 7.13. The summed E-state index contributed by atoms with van der Waals surface area (Å²) in [4.78, 5) is 7.34. The molecule has 1 aromatic heterocycles. The van der Waals surface area contributed by atoms with Gasteiger partial charge in [-0.15, -0.1) is 0 Å². The number of hydrogen-bond donors (Lipinski definition) is 0. The van der Waals surface area contributed by atoms with E-state index in [-0.39, 0.29) is 0 Å². The highest BCUT2D eigenvalue weighted by Crippen LogP contribution is 2.43. The van der Waals surface area contributed by atoms with Crippen LogP contribution in [-0.4, -0.2) is 27.5 Å². The van der Waals surface area contributed by atoms with Gasteiger partial charge < -0.3 is 4.57 Å². The minimum absolute atomic E-state index is 0.603. The maximum atomic E-state index is 6.35. The molecule has 1 aliphatic heterocycles. The lowest BCUT2D eigenvalue weighted by molar-refractivity contribution is 0.331. The van der Waals surface area contributed by atoms with E-state index in [9.17, 15) is 0 Å². The van der Waals surface area contributed by atoms with E-state index in [2.05, 4.69) is 94.4 Å². The number of imidazole rings is 1. The van der Waals surface area contributed by atoms with Crippen molar-refractivity contribution < 1.29 is 0 Å². The molecule has 174 valence electrons. The second-order valence-corrected chi connectivity index (χ2v) is 9.80. The Morgan fingerprint density at radius 1 is 0.686 bits per heavy atom. The molecule has 1 saturated heterocycles. The molecule has 5 aromatic rings. The van der Waals surface area contributed by atoms with Gasteiger partial charge in [-0.2, -0.15) is 0 Å². The van der Waals surface area contributed by atoms with Crippen LogP contribution in [0.4, 0.5) is 0 Å². The van der Waals surface area contributed by atoms with Crippen molar-refractivity contribution in [2.45, 2.75) is 24.9 Å². The van der Waals surface area contributed by atoms with E-state index < -0.39 is 5.54 Å². The fraction of sp³-hybridized carbons (Fsp3) is 0.194. The second-order valence-electron chi connectivity index (χ2n) is 9.37. The van der Waals surface area contributed by atoms with Gasteiger partial charge >= 0.3 is 0 Å². The summed E-state index contributed by atoms with van der Waals surface area (Å²) in [6.07, 6.45) is 4.59. The van der Waals surface area contributed by atoms with Gasteiger partial charge in [0.2, 0.25) is 0 Å². The zero-order chi connectivity index (χ0) is 23.7. The standard InChI is InChI=1S/C31H28ClN3/c32-28-18-16-27(17-19-28)31(25-8-2-1-3-9-25,35-23-33-29-10-4-5-11-30(29)35)26-14-12-24(13-15-26)22-34-20-6-7-21-34/h1-5,8-19,23H,6-7,20-22H2. The first-order valence-electron chi connectivity index (χ1n) is 12.3. The van der Waals surface area contributed by atoms with E-state index in [1.807, 2.05) is 24.5 Å². The molecule has 1 aliphatic rings. The van der Waals surface area contributed by atoms with Gasteiger partial charge in [-0.05, 0) is 72.5 Å². The maximum absolute atomic E-state index is 6.35. The maximum Gasteiger partial charge on any atom is 0.122 e. The highest BCUT2D eigenvalue weighted by Gasteiger charge is 2.39. The summed E-state index contributed by atoms with van der Waals surface area (Å²) in [6.45, 7) is 3.40. The molecule has 4 heteroatoms. The topological polar surface area (TPSA) is 21.1 Å². The van der Waals surface area contributed by atoms with Crippen LogP contribution >= 0.6 is 11.6 Å². The molecule has 4 aromatic carbocycles. The average Bonchev–Trinajstić information content (AvgIpc) is 3.58. The Labute approximate surface area is 211 Å². The average molecular weight is 478 g/mol. The molecular weight excluding hydrogens is 450 g/mol. The summed E-state index contributed by atoms with van der Waals surface area (Å²) < 4.78 is 2.32. The molecule has 1 unspecified atom stereocenters. The molecule has 0 amide bonds. The van der Waals surface area contributed by atoms with Gasteiger partial charge in [-0.1, -0.05) is 90.5 Å². The molecule has 0 spiro atoms. The molecule has 3 nitrogen and oxygen atoms in total. The van der Waals surface area contributed by atoms with Crippen molar-refractivity contribution in [1.29, 1.82) is 0 Å². The lowest BCUT2D eigenvalue weighted by Gasteiger charge is -2.38. The highest BCUT2D eigenvalue weighted by atomic mass is 35.5. The number of benzene rings is 4. The molecule has 6 rings (SSSR count). The summed E-state index contributed by atoms with van der Waals surface area (Å²) in [6, 6.07) is 36.5. The molecule has 0 bridgehead atoms. The minimum Gasteiger partial charge on any atom is -0.312 e.